The summed E-state index contributed by atoms with van der Waals surface area (Å²) in [5.74, 6) is -0.257. The lowest BCUT2D eigenvalue weighted by Gasteiger charge is -2.31. The zero-order valence-electron chi connectivity index (χ0n) is 9.05. The van der Waals surface area contributed by atoms with Crippen LogP contribution in [-0.4, -0.2) is 33.6 Å². The van der Waals surface area contributed by atoms with Gasteiger partial charge in [0.1, 0.15) is 0 Å². The summed E-state index contributed by atoms with van der Waals surface area (Å²) in [6.45, 7) is 0.489. The Morgan fingerprint density at radius 2 is 2.29 bits per heavy atom. The van der Waals surface area contributed by atoms with Crippen LogP contribution in [-0.2, 0) is 0 Å². The molecule has 2 rings (SSSR count). The molecule has 0 atom stereocenters. The van der Waals surface area contributed by atoms with E-state index in [9.17, 15) is 14.9 Å². The molecule has 92 valence electrons. The molecule has 7 heteroatoms. The minimum Gasteiger partial charge on any atom is -0.393 e. The average Bonchev–Trinajstić information content (AvgIpc) is 2.71. The van der Waals surface area contributed by atoms with E-state index >= 15 is 0 Å². The lowest BCUT2D eigenvalue weighted by molar-refractivity contribution is -0.389. The maximum Gasteiger partial charge on any atom is 0.321 e. The van der Waals surface area contributed by atoms with Crippen LogP contribution in [0.4, 0.5) is 5.82 Å². The zero-order valence-corrected chi connectivity index (χ0v) is 9.05. The Hall–Kier alpha value is -1.89. The molecule has 0 spiro atoms. The minimum absolute atomic E-state index is 0.177. The van der Waals surface area contributed by atoms with E-state index in [4.69, 9.17) is 5.11 Å². The Labute approximate surface area is 97.0 Å². The lowest BCUT2D eigenvalue weighted by atomic mass is 9.82. The van der Waals surface area contributed by atoms with Gasteiger partial charge in [0.15, 0.2) is 5.69 Å². The first-order valence-electron chi connectivity index (χ1n) is 5.36. The van der Waals surface area contributed by atoms with Crippen LogP contribution >= 0.6 is 0 Å². The summed E-state index contributed by atoms with van der Waals surface area (Å²) < 4.78 is 0. The second kappa shape index (κ2) is 4.54. The second-order valence-electron chi connectivity index (χ2n) is 4.22. The third-order valence-electron chi connectivity index (χ3n) is 2.87. The number of hydrogen-bond acceptors (Lipinski definition) is 4. The van der Waals surface area contributed by atoms with Crippen LogP contribution in [0.25, 0.3) is 0 Å². The number of hydrogen-bond donors (Lipinski definition) is 3. The highest BCUT2D eigenvalue weighted by Crippen LogP contribution is 2.26. The van der Waals surface area contributed by atoms with E-state index in [0.717, 1.165) is 0 Å². The number of nitrogens with zero attached hydrogens (tertiary/aromatic N) is 1. The first kappa shape index (κ1) is 11.6. The van der Waals surface area contributed by atoms with Crippen molar-refractivity contribution in [2.24, 2.45) is 5.92 Å². The van der Waals surface area contributed by atoms with Crippen molar-refractivity contribution in [1.82, 2.24) is 10.3 Å². The van der Waals surface area contributed by atoms with E-state index in [1.807, 2.05) is 0 Å². The number of aliphatic hydroxyl groups excluding tert-OH is 1. The molecule has 1 fully saturated rings. The molecule has 1 amide bonds. The van der Waals surface area contributed by atoms with Crippen molar-refractivity contribution in [2.75, 3.05) is 6.54 Å². The third kappa shape index (κ3) is 2.62. The Kier molecular flexibility index (Phi) is 3.10. The molecule has 1 aromatic heterocycles. The average molecular weight is 239 g/mol. The van der Waals surface area contributed by atoms with E-state index in [0.29, 0.717) is 25.3 Å². The van der Waals surface area contributed by atoms with Crippen molar-refractivity contribution < 1.29 is 14.8 Å². The lowest BCUT2D eigenvalue weighted by Crippen LogP contribution is -2.38. The van der Waals surface area contributed by atoms with Crippen LogP contribution in [0.3, 0.4) is 0 Å². The highest BCUT2D eigenvalue weighted by atomic mass is 16.6. The molecular formula is C10H13N3O4. The van der Waals surface area contributed by atoms with Gasteiger partial charge in [-0.15, -0.1) is 0 Å². The molecular weight excluding hydrogens is 226 g/mol. The first-order valence-corrected chi connectivity index (χ1v) is 5.36. The van der Waals surface area contributed by atoms with E-state index in [1.165, 1.54) is 12.1 Å². The fraction of sp³-hybridized carbons (Fsp3) is 0.500. The quantitative estimate of drug-likeness (QED) is 0.522. The number of amides is 1. The Balaban J connectivity index is 1.84. The number of carbonyl (C=O) groups is 1. The summed E-state index contributed by atoms with van der Waals surface area (Å²) in [5, 5.41) is 22.2. The number of aromatic amines is 1. The molecule has 7 nitrogen and oxygen atoms in total. The summed E-state index contributed by atoms with van der Waals surface area (Å²) in [4.78, 5) is 23.8. The molecule has 0 radical (unpaired) electrons. The molecule has 1 aromatic rings. The molecule has 3 N–H and O–H groups in total. The van der Waals surface area contributed by atoms with Gasteiger partial charge in [0.2, 0.25) is 0 Å². The van der Waals surface area contributed by atoms with Crippen LogP contribution in [0.5, 0.6) is 0 Å². The molecule has 1 saturated carbocycles. The molecule has 1 aliphatic carbocycles. The molecule has 17 heavy (non-hydrogen) atoms. The fourth-order valence-electron chi connectivity index (χ4n) is 1.82. The van der Waals surface area contributed by atoms with E-state index < -0.39 is 4.92 Å². The fourth-order valence-corrected chi connectivity index (χ4v) is 1.82. The third-order valence-corrected chi connectivity index (χ3v) is 2.87. The van der Waals surface area contributed by atoms with Crippen molar-refractivity contribution in [2.45, 2.75) is 18.9 Å². The number of nitrogens with one attached hydrogen (secondary N) is 2. The molecule has 0 saturated heterocycles. The topological polar surface area (TPSA) is 108 Å². The number of aliphatic hydroxyl groups is 1. The number of carbonyl (C=O) groups excluding carboxylic acids is 1. The monoisotopic (exact) mass is 239 g/mol. The van der Waals surface area contributed by atoms with Crippen LogP contribution in [0.1, 0.15) is 23.3 Å². The van der Waals surface area contributed by atoms with Gasteiger partial charge >= 0.3 is 5.82 Å². The molecule has 1 heterocycles. The summed E-state index contributed by atoms with van der Waals surface area (Å²) in [5.41, 5.74) is 0.177. The molecule has 0 unspecified atom stereocenters. The number of H-pyrrole nitrogens is 1. The Morgan fingerprint density at radius 1 is 1.59 bits per heavy atom. The van der Waals surface area contributed by atoms with Gasteiger partial charge in [-0.1, -0.05) is 0 Å². The first-order chi connectivity index (χ1) is 8.06. The summed E-state index contributed by atoms with van der Waals surface area (Å²) in [7, 11) is 0. The SMILES string of the molecule is O=C(NCC1CC(O)C1)c1ccc([N+](=O)[O-])[nH]1. The molecule has 1 aliphatic rings. The Bertz CT molecular complexity index is 437. The van der Waals surface area contributed by atoms with Crippen molar-refractivity contribution in [3.05, 3.63) is 27.9 Å². The van der Waals surface area contributed by atoms with E-state index in [2.05, 4.69) is 10.3 Å². The highest BCUT2D eigenvalue weighted by Gasteiger charge is 2.27. The van der Waals surface area contributed by atoms with Crippen LogP contribution in [0.2, 0.25) is 0 Å². The van der Waals surface area contributed by atoms with Gasteiger partial charge in [-0.05, 0) is 29.7 Å². The van der Waals surface area contributed by atoms with Gasteiger partial charge in [0, 0.05) is 12.6 Å². The zero-order chi connectivity index (χ0) is 12.4. The maximum absolute atomic E-state index is 11.6. The minimum atomic E-state index is -0.584. The number of nitro groups is 1. The molecule has 0 aromatic carbocycles. The van der Waals surface area contributed by atoms with Gasteiger partial charge in [-0.2, -0.15) is 0 Å². The summed E-state index contributed by atoms with van der Waals surface area (Å²) in [6, 6.07) is 2.63. The summed E-state index contributed by atoms with van der Waals surface area (Å²) >= 11 is 0. The van der Waals surface area contributed by atoms with Crippen LogP contribution in [0, 0.1) is 16.0 Å². The van der Waals surface area contributed by atoms with Gasteiger partial charge in [0.05, 0.1) is 6.10 Å². The largest absolute Gasteiger partial charge is 0.393 e. The smallest absolute Gasteiger partial charge is 0.321 e. The van der Waals surface area contributed by atoms with Crippen molar-refractivity contribution >= 4 is 11.7 Å². The predicted octanol–water partition coefficient (Wildman–Crippen LogP) is 0.424. The van der Waals surface area contributed by atoms with Gasteiger partial charge in [-0.3, -0.25) is 4.79 Å². The van der Waals surface area contributed by atoms with Crippen molar-refractivity contribution in [1.29, 1.82) is 0 Å². The van der Waals surface area contributed by atoms with Gasteiger partial charge < -0.3 is 20.5 Å². The maximum atomic E-state index is 11.6. The normalized spacial score (nSPS) is 22.9. The predicted molar refractivity (Wildman–Crippen MR) is 58.5 cm³/mol. The molecule has 0 bridgehead atoms. The standard InChI is InChI=1S/C10H13N3O4/c14-7-3-6(4-7)5-11-10(15)8-1-2-9(12-8)13(16)17/h1-2,6-7,12,14H,3-5H2,(H,11,15). The van der Waals surface area contributed by atoms with Gasteiger partial charge in [-0.25, -0.2) is 4.98 Å². The van der Waals surface area contributed by atoms with Crippen molar-refractivity contribution in [3.63, 3.8) is 0 Å². The van der Waals surface area contributed by atoms with E-state index in [1.54, 1.807) is 0 Å². The summed E-state index contributed by atoms with van der Waals surface area (Å²) in [6.07, 6.45) is 1.15. The van der Waals surface area contributed by atoms with Crippen LogP contribution in [0.15, 0.2) is 12.1 Å². The second-order valence-corrected chi connectivity index (χ2v) is 4.22. The Morgan fingerprint density at radius 3 is 2.82 bits per heavy atom. The molecule has 0 aliphatic heterocycles. The van der Waals surface area contributed by atoms with E-state index in [-0.39, 0.29) is 23.5 Å². The number of rotatable bonds is 4. The highest BCUT2D eigenvalue weighted by molar-refractivity contribution is 5.92. The van der Waals surface area contributed by atoms with Crippen molar-refractivity contribution in [3.8, 4) is 0 Å². The van der Waals surface area contributed by atoms with Crippen LogP contribution < -0.4 is 5.32 Å². The van der Waals surface area contributed by atoms with Gasteiger partial charge in [0.25, 0.3) is 5.91 Å². The number of aromatic nitrogens is 1.